The lowest BCUT2D eigenvalue weighted by Crippen LogP contribution is -2.44. The lowest BCUT2D eigenvalue weighted by molar-refractivity contribution is -0.125. The monoisotopic (exact) mass is 327 g/mol. The predicted molar refractivity (Wildman–Crippen MR) is 83.5 cm³/mol. The SMILES string of the molecule is CCNC(=O)[C@@H]1C[C@H](NC(C)=O)CN1CCn1cc(Cl)cn1. The van der Waals surface area contributed by atoms with E-state index in [2.05, 4.69) is 20.6 Å². The van der Waals surface area contributed by atoms with Crippen LogP contribution >= 0.6 is 11.6 Å². The van der Waals surface area contributed by atoms with E-state index in [-0.39, 0.29) is 23.9 Å². The Kier molecular flexibility index (Phi) is 5.79. The van der Waals surface area contributed by atoms with Crippen molar-refractivity contribution in [3.05, 3.63) is 17.4 Å². The van der Waals surface area contributed by atoms with Gasteiger partial charge in [0.05, 0.1) is 23.8 Å². The van der Waals surface area contributed by atoms with Crippen molar-refractivity contribution in [2.45, 2.75) is 38.9 Å². The maximum Gasteiger partial charge on any atom is 0.237 e. The fourth-order valence-corrected chi connectivity index (χ4v) is 2.96. The molecule has 1 aliphatic heterocycles. The van der Waals surface area contributed by atoms with Gasteiger partial charge in [0, 0.05) is 38.8 Å². The Hall–Kier alpha value is -1.60. The molecule has 0 aromatic carbocycles. The van der Waals surface area contributed by atoms with Gasteiger partial charge in [-0.3, -0.25) is 19.2 Å². The molecule has 8 heteroatoms. The molecule has 2 atom stereocenters. The lowest BCUT2D eigenvalue weighted by Gasteiger charge is -2.23. The van der Waals surface area contributed by atoms with Crippen molar-refractivity contribution in [3.8, 4) is 0 Å². The molecule has 122 valence electrons. The van der Waals surface area contributed by atoms with E-state index in [1.165, 1.54) is 6.92 Å². The summed E-state index contributed by atoms with van der Waals surface area (Å²) in [4.78, 5) is 25.5. The second-order valence-corrected chi connectivity index (χ2v) is 5.90. The first-order chi connectivity index (χ1) is 10.5. The average molecular weight is 328 g/mol. The van der Waals surface area contributed by atoms with Gasteiger partial charge in [-0.2, -0.15) is 5.10 Å². The van der Waals surface area contributed by atoms with Crippen LogP contribution in [0.4, 0.5) is 0 Å². The van der Waals surface area contributed by atoms with E-state index in [4.69, 9.17) is 11.6 Å². The molecule has 1 aromatic rings. The third-order valence-corrected chi connectivity index (χ3v) is 3.88. The van der Waals surface area contributed by atoms with Gasteiger partial charge in [0.25, 0.3) is 0 Å². The maximum absolute atomic E-state index is 12.2. The molecule has 2 amide bonds. The van der Waals surface area contributed by atoms with Gasteiger partial charge in [0.2, 0.25) is 11.8 Å². The number of nitrogens with zero attached hydrogens (tertiary/aromatic N) is 3. The van der Waals surface area contributed by atoms with Gasteiger partial charge in [-0.05, 0) is 13.3 Å². The van der Waals surface area contributed by atoms with E-state index >= 15 is 0 Å². The third-order valence-electron chi connectivity index (χ3n) is 3.68. The number of hydrogen-bond acceptors (Lipinski definition) is 4. The van der Waals surface area contributed by atoms with E-state index in [1.54, 1.807) is 17.1 Å². The topological polar surface area (TPSA) is 79.3 Å². The van der Waals surface area contributed by atoms with E-state index in [0.717, 1.165) is 0 Å². The molecule has 0 radical (unpaired) electrons. The van der Waals surface area contributed by atoms with Gasteiger partial charge in [0.15, 0.2) is 0 Å². The van der Waals surface area contributed by atoms with E-state index in [0.29, 0.717) is 37.6 Å². The van der Waals surface area contributed by atoms with Gasteiger partial charge in [-0.15, -0.1) is 0 Å². The summed E-state index contributed by atoms with van der Waals surface area (Å²) in [7, 11) is 0. The summed E-state index contributed by atoms with van der Waals surface area (Å²) >= 11 is 5.85. The number of halogens is 1. The Bertz CT molecular complexity index is 533. The molecule has 1 aromatic heterocycles. The molecule has 1 fully saturated rings. The highest BCUT2D eigenvalue weighted by molar-refractivity contribution is 6.30. The molecule has 2 rings (SSSR count). The summed E-state index contributed by atoms with van der Waals surface area (Å²) < 4.78 is 1.75. The molecule has 0 bridgehead atoms. The average Bonchev–Trinajstić information content (AvgIpc) is 3.02. The fourth-order valence-electron chi connectivity index (χ4n) is 2.80. The van der Waals surface area contributed by atoms with Crippen LogP contribution in [0.1, 0.15) is 20.3 Å². The van der Waals surface area contributed by atoms with Crippen molar-refractivity contribution in [1.82, 2.24) is 25.3 Å². The summed E-state index contributed by atoms with van der Waals surface area (Å²) in [5, 5.41) is 10.5. The second-order valence-electron chi connectivity index (χ2n) is 5.46. The van der Waals surface area contributed by atoms with Crippen molar-refractivity contribution in [3.63, 3.8) is 0 Å². The number of likely N-dealkylation sites (N-methyl/N-ethyl adjacent to an activating group) is 1. The van der Waals surface area contributed by atoms with Gasteiger partial charge < -0.3 is 10.6 Å². The number of likely N-dealkylation sites (tertiary alicyclic amines) is 1. The quantitative estimate of drug-likeness (QED) is 0.785. The highest BCUT2D eigenvalue weighted by atomic mass is 35.5. The normalized spacial score (nSPS) is 21.8. The molecule has 1 saturated heterocycles. The number of aromatic nitrogens is 2. The summed E-state index contributed by atoms with van der Waals surface area (Å²) in [6.07, 6.45) is 3.97. The Labute approximate surface area is 135 Å². The first-order valence-corrected chi connectivity index (χ1v) is 7.84. The number of rotatable bonds is 6. The van der Waals surface area contributed by atoms with Crippen molar-refractivity contribution in [2.75, 3.05) is 19.6 Å². The van der Waals surface area contributed by atoms with Crippen LogP contribution in [-0.4, -0.2) is 58.2 Å². The maximum atomic E-state index is 12.2. The first kappa shape index (κ1) is 16.8. The van der Waals surface area contributed by atoms with Crippen LogP contribution in [0.15, 0.2) is 12.4 Å². The van der Waals surface area contributed by atoms with E-state index < -0.39 is 0 Å². The number of nitrogens with one attached hydrogen (secondary N) is 2. The van der Waals surface area contributed by atoms with Crippen LogP contribution in [0.5, 0.6) is 0 Å². The molecule has 2 heterocycles. The lowest BCUT2D eigenvalue weighted by atomic mass is 10.1. The predicted octanol–water partition coefficient (Wildman–Crippen LogP) is 0.252. The molecule has 2 N–H and O–H groups in total. The highest BCUT2D eigenvalue weighted by Gasteiger charge is 2.36. The molecule has 0 aliphatic carbocycles. The highest BCUT2D eigenvalue weighted by Crippen LogP contribution is 2.18. The van der Waals surface area contributed by atoms with Crippen molar-refractivity contribution < 1.29 is 9.59 Å². The number of carbonyl (C=O) groups excluding carboxylic acids is 2. The van der Waals surface area contributed by atoms with Gasteiger partial charge >= 0.3 is 0 Å². The Morgan fingerprint density at radius 2 is 2.23 bits per heavy atom. The minimum Gasteiger partial charge on any atom is -0.355 e. The second kappa shape index (κ2) is 7.60. The van der Waals surface area contributed by atoms with Crippen LogP contribution in [-0.2, 0) is 16.1 Å². The zero-order valence-corrected chi connectivity index (χ0v) is 13.6. The van der Waals surface area contributed by atoms with E-state index in [9.17, 15) is 9.59 Å². The van der Waals surface area contributed by atoms with Crippen molar-refractivity contribution >= 4 is 23.4 Å². The van der Waals surface area contributed by atoms with Crippen LogP contribution in [0.3, 0.4) is 0 Å². The van der Waals surface area contributed by atoms with Gasteiger partial charge in [-0.25, -0.2) is 0 Å². The van der Waals surface area contributed by atoms with Crippen LogP contribution < -0.4 is 10.6 Å². The zero-order chi connectivity index (χ0) is 16.1. The molecule has 7 nitrogen and oxygen atoms in total. The molecule has 1 aliphatic rings. The summed E-state index contributed by atoms with van der Waals surface area (Å²) in [5.74, 6) is -0.0609. The smallest absolute Gasteiger partial charge is 0.237 e. The molecule has 0 unspecified atom stereocenters. The molecule has 0 saturated carbocycles. The Balaban J connectivity index is 1.97. The number of carbonyl (C=O) groups is 2. The Morgan fingerprint density at radius 1 is 1.45 bits per heavy atom. The van der Waals surface area contributed by atoms with Crippen LogP contribution in [0.25, 0.3) is 0 Å². The fraction of sp³-hybridized carbons (Fsp3) is 0.643. The Morgan fingerprint density at radius 3 is 2.82 bits per heavy atom. The summed E-state index contributed by atoms with van der Waals surface area (Å²) in [6, 6.07) is -0.214. The minimum atomic E-state index is -0.220. The van der Waals surface area contributed by atoms with Gasteiger partial charge in [0.1, 0.15) is 0 Å². The number of hydrogen-bond donors (Lipinski definition) is 2. The van der Waals surface area contributed by atoms with Crippen LogP contribution in [0, 0.1) is 0 Å². The summed E-state index contributed by atoms with van der Waals surface area (Å²) in [6.45, 7) is 5.98. The van der Waals surface area contributed by atoms with Crippen molar-refractivity contribution in [2.24, 2.45) is 0 Å². The van der Waals surface area contributed by atoms with E-state index in [1.807, 2.05) is 6.92 Å². The first-order valence-electron chi connectivity index (χ1n) is 7.46. The molecule has 22 heavy (non-hydrogen) atoms. The largest absolute Gasteiger partial charge is 0.355 e. The van der Waals surface area contributed by atoms with Crippen molar-refractivity contribution in [1.29, 1.82) is 0 Å². The minimum absolute atomic E-state index is 0.00585. The summed E-state index contributed by atoms with van der Waals surface area (Å²) in [5.41, 5.74) is 0. The third kappa shape index (κ3) is 4.45. The standard InChI is InChI=1S/C14H22ClN5O2/c1-3-16-14(22)13-6-12(18-10(2)21)9-19(13)4-5-20-8-11(15)7-17-20/h7-8,12-13H,3-6,9H2,1-2H3,(H,16,22)(H,18,21)/t12-,13-/m0/s1. The van der Waals surface area contributed by atoms with Gasteiger partial charge in [-0.1, -0.05) is 11.6 Å². The number of amides is 2. The van der Waals surface area contributed by atoms with Crippen LogP contribution in [0.2, 0.25) is 5.02 Å². The zero-order valence-electron chi connectivity index (χ0n) is 12.9. The molecule has 0 spiro atoms. The molecular formula is C14H22ClN5O2. The molecular weight excluding hydrogens is 306 g/mol.